The monoisotopic (exact) mass is 1120 g/mol. The Labute approximate surface area is 480 Å². The van der Waals surface area contributed by atoms with Crippen LogP contribution in [0, 0.1) is 0 Å². The summed E-state index contributed by atoms with van der Waals surface area (Å²) in [4.78, 5) is 0. The van der Waals surface area contributed by atoms with Crippen LogP contribution in [0.25, 0.3) is 22.7 Å². The molecule has 0 fully saturated rings. The van der Waals surface area contributed by atoms with Crippen LogP contribution in [0.1, 0.15) is 167 Å². The van der Waals surface area contributed by atoms with Crippen molar-refractivity contribution in [1.82, 2.24) is 39.1 Å². The van der Waals surface area contributed by atoms with E-state index in [1.807, 2.05) is 97.7 Å². The molecule has 0 saturated heterocycles. The van der Waals surface area contributed by atoms with Crippen LogP contribution in [-0.4, -0.2) is 71.9 Å². The summed E-state index contributed by atoms with van der Waals surface area (Å²) >= 11 is -1.72. The van der Waals surface area contributed by atoms with E-state index in [4.69, 9.17) is 50.5 Å². The summed E-state index contributed by atoms with van der Waals surface area (Å²) in [6.45, 7) is 34.4. The predicted molar refractivity (Wildman–Crippen MR) is 323 cm³/mol. The van der Waals surface area contributed by atoms with Crippen LogP contribution in [-0.2, 0) is 58.2 Å². The Morgan fingerprint density at radius 2 is 0.667 bits per heavy atom. The number of hydrogen-bond donors (Lipinski definition) is 2. The number of para-hydroxylation sites is 4. The van der Waals surface area contributed by atoms with Crippen molar-refractivity contribution in [2.75, 3.05) is 0 Å². The van der Waals surface area contributed by atoms with Gasteiger partial charge in [-0.25, -0.2) is 48.9 Å². The Hall–Kier alpha value is -4.96. The second-order valence-electron chi connectivity index (χ2n) is 25.6. The highest BCUT2D eigenvalue weighted by molar-refractivity contribution is 7.54. The van der Waals surface area contributed by atoms with Crippen molar-refractivity contribution < 1.29 is 10.2 Å². The van der Waals surface area contributed by atoms with Crippen molar-refractivity contribution >= 4 is 41.5 Å². The normalized spacial score (nSPS) is 15.9. The molecule has 8 aromatic rings. The summed E-state index contributed by atoms with van der Waals surface area (Å²) in [5.41, 5.74) is 12.8. The van der Waals surface area contributed by atoms with Crippen LogP contribution < -0.4 is 0 Å². The molecule has 78 heavy (non-hydrogen) atoms. The average Bonchev–Trinajstić information content (AvgIpc) is 4.37. The number of hydrogen-bond acceptors (Lipinski definition) is 6. The molecule has 2 N–H and O–H groups in total. The number of halogens is 3. The zero-order valence-electron chi connectivity index (χ0n) is 48.7. The van der Waals surface area contributed by atoms with Crippen LogP contribution >= 0.6 is 30.1 Å². The first-order chi connectivity index (χ1) is 36.2. The lowest BCUT2D eigenvalue weighted by molar-refractivity contribution is 0.00642. The number of aryl methyl sites for hydroxylation is 4. The van der Waals surface area contributed by atoms with Crippen LogP contribution in [0.3, 0.4) is 0 Å². The third-order valence-electron chi connectivity index (χ3n) is 18.7. The number of fused-ring (bicyclic) bond motifs is 6. The highest BCUT2D eigenvalue weighted by Gasteiger charge is 2.49. The van der Waals surface area contributed by atoms with E-state index in [0.29, 0.717) is 12.8 Å². The maximum absolute atomic E-state index is 11.0. The summed E-state index contributed by atoms with van der Waals surface area (Å²) in [6, 6.07) is 46.5. The van der Waals surface area contributed by atoms with Gasteiger partial charge in [0.25, 0.3) is 0 Å². The third kappa shape index (κ3) is 10.9. The zero-order chi connectivity index (χ0) is 57.2. The van der Waals surface area contributed by atoms with Crippen LogP contribution in [0.2, 0.25) is 0 Å². The average molecular weight is 1130 g/mol. The number of nitrogens with zero attached hydrogens (tertiary/aromatic N) is 8. The van der Waals surface area contributed by atoms with Gasteiger partial charge in [0.2, 0.25) is 0 Å². The molecule has 14 heteroatoms. The molecule has 0 spiro atoms. The molecule has 0 amide bonds. The minimum Gasteiger partial charge on any atom is -0.390 e. The summed E-state index contributed by atoms with van der Waals surface area (Å²) in [7, 11) is 14.8. The fourth-order valence-electron chi connectivity index (χ4n) is 10.7. The quantitative estimate of drug-likeness (QED) is 0.118. The number of aromatic nitrogens is 8. The number of benzene rings is 4. The molecule has 10 nitrogen and oxygen atoms in total. The molecular weight excluding hydrogens is 1050 g/mol. The van der Waals surface area contributed by atoms with Crippen LogP contribution in [0.15, 0.2) is 133 Å². The molecule has 0 saturated carbocycles. The van der Waals surface area contributed by atoms with Gasteiger partial charge in [-0.05, 0) is 125 Å². The van der Waals surface area contributed by atoms with E-state index in [1.54, 1.807) is 0 Å². The Morgan fingerprint density at radius 3 is 0.974 bits per heavy atom. The fraction of sp³-hybridized carbons (Fsp3) is 0.438. The van der Waals surface area contributed by atoms with Crippen LogP contribution in [0.4, 0.5) is 0 Å². The second kappa shape index (κ2) is 21.5. The van der Waals surface area contributed by atoms with Crippen molar-refractivity contribution in [3.63, 3.8) is 0 Å². The Balaban J connectivity index is 0.000000193. The molecule has 0 aliphatic carbocycles. The zero-order valence-corrected chi connectivity index (χ0v) is 52.1. The van der Waals surface area contributed by atoms with E-state index in [1.165, 1.54) is 33.9 Å². The van der Waals surface area contributed by atoms with E-state index in [0.717, 1.165) is 58.4 Å². The molecule has 412 valence electrons. The third-order valence-corrected chi connectivity index (χ3v) is 18.7. The van der Waals surface area contributed by atoms with Crippen LogP contribution in [0.5, 0.6) is 0 Å². The minimum absolute atomic E-state index is 0.0194. The highest BCUT2D eigenvalue weighted by atomic mass is 35.8. The van der Waals surface area contributed by atoms with Gasteiger partial charge in [0.1, 0.15) is 0 Å². The maximum atomic E-state index is 11.0. The Morgan fingerprint density at radius 1 is 0.397 bits per heavy atom. The lowest BCUT2D eigenvalue weighted by Crippen LogP contribution is -2.45. The molecule has 0 atom stereocenters. The summed E-state index contributed by atoms with van der Waals surface area (Å²) in [6.07, 6.45) is 3.15. The largest absolute Gasteiger partial charge is 0.643 e. The molecule has 2 aliphatic rings. The van der Waals surface area contributed by atoms with Gasteiger partial charge >= 0.3 is 11.4 Å². The van der Waals surface area contributed by atoms with Crippen molar-refractivity contribution in [2.24, 2.45) is 0 Å². The standard InChI is InChI=1S/C32H42N4O2.C32H38N4.Al.3ClH/c1-29(2,31(5,6)37)27-21-23(33-35(27)25-15-11-9-12-16-25)19-20-24-22-28(30(3,4)32(7,8)38)36(34-24)26-17-13-10-14-18-26;1-29(2)23-13-9-11-15-25(23)35-27(31(29,5)6)19-21(33-35)17-18-22-20-28-32(7,8)30(3,4)24-14-10-12-16-26(24)36(28)34-22;;;;/h9-18,21-22,37-38H,19-20H2,1-8H3;9-16,19-20H,17-18H2,1-8H3;;3*1H/q;;+3;;;/p-3. The molecule has 0 bridgehead atoms. The molecule has 0 unspecified atom stereocenters. The molecule has 4 aromatic carbocycles. The lowest BCUT2D eigenvalue weighted by atomic mass is 9.60. The lowest BCUT2D eigenvalue weighted by Gasteiger charge is -2.46. The summed E-state index contributed by atoms with van der Waals surface area (Å²) in [5.74, 6) is 0. The molecule has 4 aromatic heterocycles. The first-order valence-electron chi connectivity index (χ1n) is 27.3. The van der Waals surface area contributed by atoms with E-state index in [9.17, 15) is 10.2 Å². The van der Waals surface area contributed by atoms with Crippen molar-refractivity contribution in [1.29, 1.82) is 0 Å². The second-order valence-corrected chi connectivity index (χ2v) is 32.0. The summed E-state index contributed by atoms with van der Waals surface area (Å²) < 4.78 is 8.30. The van der Waals surface area contributed by atoms with Gasteiger partial charge in [0.15, 0.2) is 0 Å². The molecule has 6 heterocycles. The van der Waals surface area contributed by atoms with E-state index in [2.05, 4.69) is 165 Å². The molecule has 10 rings (SSSR count). The molecular formula is C64H80AlCl3N8O2. The van der Waals surface area contributed by atoms with Crippen molar-refractivity contribution in [2.45, 2.75) is 180 Å². The van der Waals surface area contributed by atoms with Gasteiger partial charge in [-0.2, -0.15) is 20.4 Å². The highest BCUT2D eigenvalue weighted by Crippen LogP contribution is 2.51. The number of rotatable bonds is 12. The minimum atomic E-state index is -1.72. The topological polar surface area (TPSA) is 112 Å². The fourth-order valence-corrected chi connectivity index (χ4v) is 10.7. The van der Waals surface area contributed by atoms with E-state index >= 15 is 0 Å². The van der Waals surface area contributed by atoms with Gasteiger partial charge in [-0.3, -0.25) is 0 Å². The van der Waals surface area contributed by atoms with Gasteiger partial charge in [-0.1, -0.05) is 156 Å². The van der Waals surface area contributed by atoms with E-state index in [-0.39, 0.29) is 21.7 Å². The Bertz CT molecular complexity index is 3160. The summed E-state index contributed by atoms with van der Waals surface area (Å²) in [5, 5.41) is 42.2. The number of aliphatic hydroxyl groups is 2. The van der Waals surface area contributed by atoms with Gasteiger partial charge < -0.3 is 10.2 Å². The predicted octanol–water partition coefficient (Wildman–Crippen LogP) is 14.6. The maximum Gasteiger partial charge on any atom is 0.643 e. The molecule has 2 aliphatic heterocycles. The Kier molecular flexibility index (Phi) is 16.3. The smallest absolute Gasteiger partial charge is 0.390 e. The van der Waals surface area contributed by atoms with Crippen molar-refractivity contribution in [3.8, 4) is 22.7 Å². The van der Waals surface area contributed by atoms with Gasteiger partial charge in [-0.15, -0.1) is 0 Å². The van der Waals surface area contributed by atoms with E-state index < -0.39 is 33.4 Å². The first-order valence-corrected chi connectivity index (χ1v) is 32.5. The first kappa shape index (κ1) is 59.2. The SMILES string of the molecule is CC(C)(O)C(C)(C)c1cc(CCc2cc(C(C)(C)C(C)(C)O)n(-c3ccccc3)n2)nn1-c1ccccc1.CC1(C)c2ccccc2-n2nc(CCc3cc4n(n3)-c3ccccc3C(C)(C)C4(C)C)cc2C1(C)C.[Cl][Al]([Cl])[Cl]. The van der Waals surface area contributed by atoms with Gasteiger partial charge in [0, 0.05) is 32.5 Å². The molecule has 0 radical (unpaired) electrons. The van der Waals surface area contributed by atoms with Crippen molar-refractivity contribution in [3.05, 3.63) is 190 Å². The van der Waals surface area contributed by atoms with Gasteiger partial charge in [0.05, 0.1) is 79.5 Å².